The number of carbonyl (C=O) groups excluding carboxylic acids is 1. The first-order chi connectivity index (χ1) is 10.5. The zero-order valence-corrected chi connectivity index (χ0v) is 14.9. The van der Waals surface area contributed by atoms with E-state index in [1.807, 2.05) is 6.92 Å². The number of rotatable bonds is 1. The third-order valence-corrected chi connectivity index (χ3v) is 9.07. The predicted octanol–water partition coefficient (Wildman–Crippen LogP) is 5.62. The summed E-state index contributed by atoms with van der Waals surface area (Å²) in [5.74, 6) is 4.60. The smallest absolute Gasteiger partial charge is 0.133 e. The first-order valence-corrected chi connectivity index (χ1v) is 9.97. The van der Waals surface area contributed by atoms with Gasteiger partial charge in [0.05, 0.1) is 0 Å². The van der Waals surface area contributed by atoms with E-state index in [0.29, 0.717) is 22.5 Å². The average Bonchev–Trinajstić information content (AvgIpc) is 2.84. The van der Waals surface area contributed by atoms with Gasteiger partial charge < -0.3 is 0 Å². The summed E-state index contributed by atoms with van der Waals surface area (Å²) in [5.41, 5.74) is 0.974. The quantitative estimate of drug-likeness (QED) is 0.614. The maximum Gasteiger partial charge on any atom is 0.133 e. The summed E-state index contributed by atoms with van der Waals surface area (Å²) in [4.78, 5) is 12.2. The molecule has 4 aliphatic rings. The molecule has 0 heterocycles. The van der Waals surface area contributed by atoms with Gasteiger partial charge in [-0.05, 0) is 92.8 Å². The standard InChI is InChI=1S/C21H34O/c1-14(22)17-9-10-18-16-8-7-15-6-4-5-12-20(15,2)19(16)11-13-21(17,18)3/h15-19H,4-13H2,1-3H3/t15?,16-,17-,18-,19-,20-,21+/m0/s1. The van der Waals surface area contributed by atoms with Gasteiger partial charge in [-0.15, -0.1) is 0 Å². The van der Waals surface area contributed by atoms with Crippen LogP contribution in [-0.4, -0.2) is 5.78 Å². The van der Waals surface area contributed by atoms with Crippen LogP contribution in [0.3, 0.4) is 0 Å². The zero-order valence-electron chi connectivity index (χ0n) is 14.9. The molecule has 4 fully saturated rings. The van der Waals surface area contributed by atoms with E-state index in [1.165, 1.54) is 64.2 Å². The minimum absolute atomic E-state index is 0.338. The Labute approximate surface area is 136 Å². The Morgan fingerprint density at radius 1 is 0.818 bits per heavy atom. The van der Waals surface area contributed by atoms with E-state index >= 15 is 0 Å². The van der Waals surface area contributed by atoms with Crippen LogP contribution in [0, 0.1) is 40.4 Å². The van der Waals surface area contributed by atoms with Gasteiger partial charge in [0.25, 0.3) is 0 Å². The Morgan fingerprint density at radius 3 is 2.36 bits per heavy atom. The Hall–Kier alpha value is -0.330. The predicted molar refractivity (Wildman–Crippen MR) is 90.5 cm³/mol. The summed E-state index contributed by atoms with van der Waals surface area (Å²) in [6, 6.07) is 0. The van der Waals surface area contributed by atoms with E-state index in [0.717, 1.165) is 23.7 Å². The van der Waals surface area contributed by atoms with Gasteiger partial charge >= 0.3 is 0 Å². The fourth-order valence-electron chi connectivity index (χ4n) is 7.96. The molecule has 4 aliphatic carbocycles. The van der Waals surface area contributed by atoms with E-state index in [9.17, 15) is 4.79 Å². The topological polar surface area (TPSA) is 17.1 Å². The van der Waals surface area contributed by atoms with Crippen LogP contribution < -0.4 is 0 Å². The highest BCUT2D eigenvalue weighted by Crippen LogP contribution is 2.67. The van der Waals surface area contributed by atoms with Crippen molar-refractivity contribution in [2.75, 3.05) is 0 Å². The van der Waals surface area contributed by atoms with Gasteiger partial charge in [-0.25, -0.2) is 0 Å². The summed E-state index contributed by atoms with van der Waals surface area (Å²) in [6.07, 6.45) is 14.1. The molecular formula is C21H34O. The highest BCUT2D eigenvalue weighted by molar-refractivity contribution is 5.79. The second kappa shape index (κ2) is 5.08. The second-order valence-electron chi connectivity index (χ2n) is 9.69. The molecule has 1 heteroatoms. The molecule has 0 saturated heterocycles. The molecule has 1 nitrogen and oxygen atoms in total. The second-order valence-corrected chi connectivity index (χ2v) is 9.69. The van der Waals surface area contributed by atoms with Crippen molar-refractivity contribution in [1.29, 1.82) is 0 Å². The summed E-state index contributed by atoms with van der Waals surface area (Å²) in [6.45, 7) is 6.97. The zero-order chi connectivity index (χ0) is 15.5. The number of ketones is 1. The third kappa shape index (κ3) is 1.93. The Balaban J connectivity index is 1.63. The molecule has 4 rings (SSSR count). The van der Waals surface area contributed by atoms with E-state index in [4.69, 9.17) is 0 Å². The number of hydrogen-bond donors (Lipinski definition) is 0. The van der Waals surface area contributed by atoms with E-state index in [1.54, 1.807) is 0 Å². The number of Topliss-reactive ketones (excluding diaryl/α,β-unsaturated/α-hetero) is 1. The molecule has 22 heavy (non-hydrogen) atoms. The lowest BCUT2D eigenvalue weighted by atomic mass is 9.45. The Morgan fingerprint density at radius 2 is 1.59 bits per heavy atom. The number of fused-ring (bicyclic) bond motifs is 5. The molecule has 4 saturated carbocycles. The maximum absolute atomic E-state index is 12.2. The molecule has 1 unspecified atom stereocenters. The summed E-state index contributed by atoms with van der Waals surface area (Å²) in [5, 5.41) is 0. The summed E-state index contributed by atoms with van der Waals surface area (Å²) < 4.78 is 0. The first kappa shape index (κ1) is 15.2. The molecule has 0 amide bonds. The fraction of sp³-hybridized carbons (Fsp3) is 0.952. The van der Waals surface area contributed by atoms with Crippen molar-refractivity contribution in [3.63, 3.8) is 0 Å². The van der Waals surface area contributed by atoms with Gasteiger partial charge in [0.2, 0.25) is 0 Å². The number of hydrogen-bond acceptors (Lipinski definition) is 1. The SMILES string of the molecule is CC(=O)[C@@H]1CC[C@H]2[C@@H]3CCC4CCCC[C@]4(C)[C@H]3CC[C@]12C. The van der Waals surface area contributed by atoms with Crippen molar-refractivity contribution in [1.82, 2.24) is 0 Å². The molecule has 7 atom stereocenters. The normalized spacial score (nSPS) is 54.2. The minimum Gasteiger partial charge on any atom is -0.300 e. The van der Waals surface area contributed by atoms with Crippen LogP contribution in [0.25, 0.3) is 0 Å². The molecule has 0 aromatic rings. The Kier molecular flexibility index (Phi) is 3.51. The van der Waals surface area contributed by atoms with E-state index in [2.05, 4.69) is 13.8 Å². The molecule has 0 radical (unpaired) electrons. The fourth-order valence-corrected chi connectivity index (χ4v) is 7.96. The van der Waals surface area contributed by atoms with Gasteiger partial charge in [0.1, 0.15) is 5.78 Å². The van der Waals surface area contributed by atoms with Gasteiger partial charge in [-0.3, -0.25) is 4.79 Å². The lowest BCUT2D eigenvalue weighted by Gasteiger charge is -2.60. The summed E-state index contributed by atoms with van der Waals surface area (Å²) in [7, 11) is 0. The van der Waals surface area contributed by atoms with Crippen LogP contribution in [0.2, 0.25) is 0 Å². The van der Waals surface area contributed by atoms with Crippen LogP contribution in [0.15, 0.2) is 0 Å². The largest absolute Gasteiger partial charge is 0.300 e. The lowest BCUT2D eigenvalue weighted by molar-refractivity contribution is -0.133. The molecule has 124 valence electrons. The van der Waals surface area contributed by atoms with Crippen LogP contribution in [0.1, 0.15) is 85.0 Å². The van der Waals surface area contributed by atoms with Crippen molar-refractivity contribution in [3.05, 3.63) is 0 Å². The van der Waals surface area contributed by atoms with Gasteiger partial charge in [-0.1, -0.05) is 26.7 Å². The minimum atomic E-state index is 0.338. The highest BCUT2D eigenvalue weighted by Gasteiger charge is 2.60. The molecule has 0 spiro atoms. The molecular weight excluding hydrogens is 268 g/mol. The monoisotopic (exact) mass is 302 g/mol. The maximum atomic E-state index is 12.2. The van der Waals surface area contributed by atoms with Gasteiger partial charge in [-0.2, -0.15) is 0 Å². The third-order valence-electron chi connectivity index (χ3n) is 9.07. The van der Waals surface area contributed by atoms with Crippen LogP contribution in [0.5, 0.6) is 0 Å². The van der Waals surface area contributed by atoms with Crippen molar-refractivity contribution in [3.8, 4) is 0 Å². The van der Waals surface area contributed by atoms with E-state index < -0.39 is 0 Å². The average molecular weight is 303 g/mol. The molecule has 0 aliphatic heterocycles. The summed E-state index contributed by atoms with van der Waals surface area (Å²) >= 11 is 0. The molecule has 0 N–H and O–H groups in total. The van der Waals surface area contributed by atoms with Crippen LogP contribution in [-0.2, 0) is 4.79 Å². The van der Waals surface area contributed by atoms with Crippen LogP contribution in [0.4, 0.5) is 0 Å². The molecule has 0 aromatic carbocycles. The Bertz CT molecular complexity index is 469. The molecule has 0 aromatic heterocycles. The molecule has 0 bridgehead atoms. The van der Waals surface area contributed by atoms with Gasteiger partial charge in [0, 0.05) is 5.92 Å². The first-order valence-electron chi connectivity index (χ1n) is 9.97. The van der Waals surface area contributed by atoms with Crippen LogP contribution >= 0.6 is 0 Å². The van der Waals surface area contributed by atoms with Crippen molar-refractivity contribution < 1.29 is 4.79 Å². The van der Waals surface area contributed by atoms with Crippen molar-refractivity contribution in [2.45, 2.75) is 85.0 Å². The van der Waals surface area contributed by atoms with E-state index in [-0.39, 0.29) is 0 Å². The highest BCUT2D eigenvalue weighted by atomic mass is 16.1. The lowest BCUT2D eigenvalue weighted by Crippen LogP contribution is -2.53. The van der Waals surface area contributed by atoms with Gasteiger partial charge in [0.15, 0.2) is 0 Å². The van der Waals surface area contributed by atoms with Crippen molar-refractivity contribution >= 4 is 5.78 Å². The van der Waals surface area contributed by atoms with Crippen molar-refractivity contribution in [2.24, 2.45) is 40.4 Å². The number of carbonyl (C=O) groups is 1.